The number of rotatable bonds is 0. The quantitative estimate of drug-likeness (QED) is 0.581. The summed E-state index contributed by atoms with van der Waals surface area (Å²) in [6.45, 7) is 10.2. The van der Waals surface area contributed by atoms with E-state index < -0.39 is 0 Å². The first kappa shape index (κ1) is 7.66. The maximum atomic E-state index is 4.12. The average molecular weight is 156 g/mol. The summed E-state index contributed by atoms with van der Waals surface area (Å²) in [6, 6.07) is 0. The van der Waals surface area contributed by atoms with Gasteiger partial charge >= 0.3 is 0 Å². The van der Waals surface area contributed by atoms with Crippen LogP contribution < -0.4 is 5.43 Å². The van der Waals surface area contributed by atoms with Crippen molar-refractivity contribution in [1.82, 2.24) is 5.43 Å². The molecule has 0 aromatic carbocycles. The molecule has 1 aliphatic rings. The highest BCUT2D eigenvalue weighted by Gasteiger charge is 2.24. The SMILES string of the molecule is C=C1NN=C(C(C)(C)C)S1. The Bertz CT molecular complexity index is 188. The van der Waals surface area contributed by atoms with Crippen molar-refractivity contribution < 1.29 is 0 Å². The minimum Gasteiger partial charge on any atom is -0.271 e. The molecule has 2 nitrogen and oxygen atoms in total. The highest BCUT2D eigenvalue weighted by atomic mass is 32.2. The summed E-state index contributed by atoms with van der Waals surface area (Å²) in [5.41, 5.74) is 2.98. The number of thioether (sulfide) groups is 1. The van der Waals surface area contributed by atoms with Gasteiger partial charge in [-0.2, -0.15) is 5.10 Å². The number of nitrogens with one attached hydrogen (secondary N) is 1. The lowest BCUT2D eigenvalue weighted by Gasteiger charge is -2.15. The van der Waals surface area contributed by atoms with Crippen molar-refractivity contribution in [2.24, 2.45) is 10.5 Å². The van der Waals surface area contributed by atoms with Gasteiger partial charge in [-0.3, -0.25) is 5.43 Å². The fourth-order valence-electron chi connectivity index (χ4n) is 0.596. The maximum Gasteiger partial charge on any atom is 0.105 e. The minimum atomic E-state index is 0.150. The highest BCUT2D eigenvalue weighted by molar-refractivity contribution is 8.17. The molecule has 0 saturated heterocycles. The first-order chi connectivity index (χ1) is 4.50. The molecule has 0 atom stereocenters. The van der Waals surface area contributed by atoms with E-state index in [9.17, 15) is 0 Å². The molecule has 1 heterocycles. The highest BCUT2D eigenvalue weighted by Crippen LogP contribution is 2.31. The molecule has 56 valence electrons. The molecule has 0 fully saturated rings. The third-order valence-electron chi connectivity index (χ3n) is 1.14. The lowest BCUT2D eigenvalue weighted by molar-refractivity contribution is 0.598. The van der Waals surface area contributed by atoms with Crippen molar-refractivity contribution in [2.75, 3.05) is 0 Å². The third kappa shape index (κ3) is 1.53. The van der Waals surface area contributed by atoms with E-state index in [1.165, 1.54) is 0 Å². The Kier molecular flexibility index (Phi) is 1.77. The predicted octanol–water partition coefficient (Wildman–Crippen LogP) is 2.15. The fraction of sp³-hybridized carbons (Fsp3) is 0.571. The maximum absolute atomic E-state index is 4.12. The van der Waals surface area contributed by atoms with Crippen LogP contribution in [-0.4, -0.2) is 5.04 Å². The zero-order valence-electron chi connectivity index (χ0n) is 6.56. The molecule has 0 unspecified atom stereocenters. The lowest BCUT2D eigenvalue weighted by Crippen LogP contribution is -2.14. The Morgan fingerprint density at radius 3 is 2.30 bits per heavy atom. The smallest absolute Gasteiger partial charge is 0.105 e. The van der Waals surface area contributed by atoms with Gasteiger partial charge in [-0.05, 0) is 0 Å². The number of hydrogen-bond acceptors (Lipinski definition) is 3. The van der Waals surface area contributed by atoms with Crippen LogP contribution >= 0.6 is 11.8 Å². The molecule has 0 radical (unpaired) electrons. The van der Waals surface area contributed by atoms with Crippen LogP contribution in [0.3, 0.4) is 0 Å². The zero-order valence-corrected chi connectivity index (χ0v) is 7.38. The fourth-order valence-corrected chi connectivity index (χ4v) is 1.32. The predicted molar refractivity (Wildman–Crippen MR) is 46.8 cm³/mol. The van der Waals surface area contributed by atoms with Crippen molar-refractivity contribution >= 4 is 16.8 Å². The summed E-state index contributed by atoms with van der Waals surface area (Å²) >= 11 is 1.62. The first-order valence-corrected chi connectivity index (χ1v) is 4.03. The molecule has 0 saturated carbocycles. The summed E-state index contributed by atoms with van der Waals surface area (Å²) in [7, 11) is 0. The molecule has 1 aliphatic heterocycles. The van der Waals surface area contributed by atoms with E-state index in [1.807, 2.05) is 0 Å². The lowest BCUT2D eigenvalue weighted by atomic mass is 9.99. The Balaban J connectivity index is 2.69. The number of nitrogens with zero attached hydrogens (tertiary/aromatic N) is 1. The average Bonchev–Trinajstić information content (AvgIpc) is 2.11. The van der Waals surface area contributed by atoms with Gasteiger partial charge in [0.05, 0.1) is 5.03 Å². The topological polar surface area (TPSA) is 24.4 Å². The summed E-state index contributed by atoms with van der Waals surface area (Å²) in [4.78, 5) is 0. The Morgan fingerprint density at radius 2 is 2.10 bits per heavy atom. The largest absolute Gasteiger partial charge is 0.271 e. The van der Waals surface area contributed by atoms with Crippen LogP contribution in [0.5, 0.6) is 0 Å². The molecule has 0 bridgehead atoms. The number of hydrazone groups is 1. The van der Waals surface area contributed by atoms with Crippen molar-refractivity contribution in [3.05, 3.63) is 11.6 Å². The van der Waals surface area contributed by atoms with E-state index in [1.54, 1.807) is 11.8 Å². The van der Waals surface area contributed by atoms with Gasteiger partial charge in [0, 0.05) is 5.41 Å². The van der Waals surface area contributed by atoms with Gasteiger partial charge < -0.3 is 0 Å². The summed E-state index contributed by atoms with van der Waals surface area (Å²) in [5, 5.41) is 6.15. The molecule has 3 heteroatoms. The van der Waals surface area contributed by atoms with Gasteiger partial charge in [0.2, 0.25) is 0 Å². The van der Waals surface area contributed by atoms with Crippen molar-refractivity contribution in [2.45, 2.75) is 20.8 Å². The minimum absolute atomic E-state index is 0.150. The van der Waals surface area contributed by atoms with Gasteiger partial charge in [-0.25, -0.2) is 0 Å². The second-order valence-electron chi connectivity index (χ2n) is 3.30. The molecular formula is C7H12N2S. The van der Waals surface area contributed by atoms with Crippen LogP contribution in [0, 0.1) is 5.41 Å². The van der Waals surface area contributed by atoms with E-state index >= 15 is 0 Å². The van der Waals surface area contributed by atoms with E-state index in [4.69, 9.17) is 0 Å². The molecule has 0 aliphatic carbocycles. The Morgan fingerprint density at radius 1 is 1.50 bits per heavy atom. The van der Waals surface area contributed by atoms with Crippen LogP contribution in [0.25, 0.3) is 0 Å². The van der Waals surface area contributed by atoms with Crippen molar-refractivity contribution in [3.63, 3.8) is 0 Å². The molecule has 0 aromatic rings. The van der Waals surface area contributed by atoms with Crippen molar-refractivity contribution in [1.29, 1.82) is 0 Å². The van der Waals surface area contributed by atoms with E-state index in [0.717, 1.165) is 10.1 Å². The first-order valence-electron chi connectivity index (χ1n) is 3.21. The summed E-state index contributed by atoms with van der Waals surface area (Å²) in [5.74, 6) is 0. The van der Waals surface area contributed by atoms with Crippen molar-refractivity contribution in [3.8, 4) is 0 Å². The van der Waals surface area contributed by atoms with Gasteiger partial charge in [0.15, 0.2) is 0 Å². The normalized spacial score (nSPS) is 18.7. The molecule has 1 rings (SSSR count). The van der Waals surface area contributed by atoms with Gasteiger partial charge in [-0.15, -0.1) is 0 Å². The molecule has 0 aromatic heterocycles. The van der Waals surface area contributed by atoms with Crippen LogP contribution in [0.15, 0.2) is 16.7 Å². The number of hydrogen-bond donors (Lipinski definition) is 1. The van der Waals surface area contributed by atoms with Gasteiger partial charge in [0.25, 0.3) is 0 Å². The summed E-state index contributed by atoms with van der Waals surface area (Å²) < 4.78 is 0. The van der Waals surface area contributed by atoms with Gasteiger partial charge in [0.1, 0.15) is 5.04 Å². The molecule has 0 amide bonds. The Hall–Kier alpha value is -0.440. The second-order valence-corrected chi connectivity index (χ2v) is 4.39. The third-order valence-corrected chi connectivity index (χ3v) is 2.38. The monoisotopic (exact) mass is 156 g/mol. The Labute approximate surface area is 65.8 Å². The standard InChI is InChI=1S/C7H12N2S/c1-5-8-9-6(10-5)7(2,3)4/h8H,1H2,2-4H3. The van der Waals surface area contributed by atoms with Crippen LogP contribution in [0.2, 0.25) is 0 Å². The van der Waals surface area contributed by atoms with Crippen LogP contribution in [-0.2, 0) is 0 Å². The van der Waals surface area contributed by atoms with Gasteiger partial charge in [-0.1, -0.05) is 39.1 Å². The second kappa shape index (κ2) is 2.31. The van der Waals surface area contributed by atoms with Crippen LogP contribution in [0.4, 0.5) is 0 Å². The molecule has 0 spiro atoms. The summed E-state index contributed by atoms with van der Waals surface area (Å²) in [6.07, 6.45) is 0. The van der Waals surface area contributed by atoms with Crippen LogP contribution in [0.1, 0.15) is 20.8 Å². The molecule has 1 N–H and O–H groups in total. The molecule has 10 heavy (non-hydrogen) atoms. The molecular weight excluding hydrogens is 144 g/mol. The van der Waals surface area contributed by atoms with E-state index in [0.29, 0.717) is 0 Å². The van der Waals surface area contributed by atoms with E-state index in [-0.39, 0.29) is 5.41 Å². The van der Waals surface area contributed by atoms with E-state index in [2.05, 4.69) is 37.9 Å². The zero-order chi connectivity index (χ0) is 7.78.